The molecule has 4 aromatic carbocycles. The molecule has 5 nitrogen and oxygen atoms in total. The Balaban J connectivity index is 1.26. The van der Waals surface area contributed by atoms with Crippen molar-refractivity contribution in [3.05, 3.63) is 136 Å². The summed E-state index contributed by atoms with van der Waals surface area (Å²) in [7, 11) is 0. The largest absolute Gasteiger partial charge is 0.416 e. The maximum absolute atomic E-state index is 14.6. The molecule has 6 rings (SSSR count). The lowest BCUT2D eigenvalue weighted by Gasteiger charge is -2.32. The number of rotatable bonds is 12. The zero-order chi connectivity index (χ0) is 36.8. The van der Waals surface area contributed by atoms with E-state index in [4.69, 9.17) is 0 Å². The van der Waals surface area contributed by atoms with Crippen LogP contribution in [0.5, 0.6) is 0 Å². The number of hydrogen-bond donors (Lipinski definition) is 0. The minimum Gasteiger partial charge on any atom is -0.337 e. The number of para-hydroxylation sites is 1. The molecule has 11 heteroatoms. The lowest BCUT2D eigenvalue weighted by atomic mass is 9.93. The highest BCUT2D eigenvalue weighted by Gasteiger charge is 2.30. The second-order valence-electron chi connectivity index (χ2n) is 13.2. The number of piperidine rings is 1. The molecule has 0 atom stereocenters. The van der Waals surface area contributed by atoms with Crippen molar-refractivity contribution in [2.75, 3.05) is 26.2 Å². The van der Waals surface area contributed by atoms with Gasteiger partial charge in [0.25, 0.3) is 0 Å². The topological polar surface area (TPSA) is 45.5 Å². The number of pyridine rings is 1. The molecule has 0 unspecified atom stereocenters. The number of alkyl halides is 3. The van der Waals surface area contributed by atoms with Crippen LogP contribution in [0.1, 0.15) is 42.9 Å². The monoisotopic (exact) mass is 733 g/mol. The van der Waals surface area contributed by atoms with E-state index in [0.29, 0.717) is 40.5 Å². The van der Waals surface area contributed by atoms with E-state index in [2.05, 4.69) is 11.8 Å². The number of likely N-dealkylation sites (tertiary alicyclic amines) is 1. The van der Waals surface area contributed by atoms with Crippen LogP contribution in [0.4, 0.5) is 22.0 Å². The van der Waals surface area contributed by atoms with Gasteiger partial charge in [-0.05, 0) is 91.8 Å². The van der Waals surface area contributed by atoms with Gasteiger partial charge in [0.15, 0.2) is 17.1 Å². The summed E-state index contributed by atoms with van der Waals surface area (Å²) in [6.45, 7) is 5.98. The Morgan fingerprint density at radius 3 is 2.23 bits per heavy atom. The Labute approximate surface area is 304 Å². The first kappa shape index (κ1) is 37.3. The van der Waals surface area contributed by atoms with Crippen molar-refractivity contribution in [1.29, 1.82) is 0 Å². The van der Waals surface area contributed by atoms with Gasteiger partial charge < -0.3 is 14.4 Å². The first-order valence-electron chi connectivity index (χ1n) is 17.4. The van der Waals surface area contributed by atoms with Gasteiger partial charge >= 0.3 is 6.18 Å². The fraction of sp³-hybridized carbons (Fsp3) is 0.317. The SMILES string of the molecule is CCN1CCC(CCN(Cc2ccc(-c3ccc(C(F)(F)F)cc3)cc2)C(=O)Cn2c(SCc3cccc(F)c3F)cc(=O)c3ccccc32)CC1. The van der Waals surface area contributed by atoms with E-state index in [1.807, 2.05) is 29.2 Å². The van der Waals surface area contributed by atoms with Crippen molar-refractivity contribution >= 4 is 28.6 Å². The highest BCUT2D eigenvalue weighted by Crippen LogP contribution is 2.32. The Kier molecular flexibility index (Phi) is 11.8. The number of benzene rings is 4. The average molecular weight is 734 g/mol. The molecule has 1 aromatic heterocycles. The summed E-state index contributed by atoms with van der Waals surface area (Å²) in [5, 5.41) is 0.915. The van der Waals surface area contributed by atoms with E-state index in [0.717, 1.165) is 68.2 Å². The van der Waals surface area contributed by atoms with Gasteiger partial charge in [-0.3, -0.25) is 9.59 Å². The van der Waals surface area contributed by atoms with E-state index in [9.17, 15) is 31.5 Å². The van der Waals surface area contributed by atoms with E-state index in [-0.39, 0.29) is 29.2 Å². The van der Waals surface area contributed by atoms with Crippen LogP contribution < -0.4 is 5.43 Å². The number of carbonyl (C=O) groups is 1. The number of nitrogens with zero attached hydrogens (tertiary/aromatic N) is 3. The summed E-state index contributed by atoms with van der Waals surface area (Å²) < 4.78 is 69.6. The number of carbonyl (C=O) groups excluding carboxylic acids is 1. The molecule has 1 fully saturated rings. The Morgan fingerprint density at radius 2 is 1.56 bits per heavy atom. The summed E-state index contributed by atoms with van der Waals surface area (Å²) in [6, 6.07) is 25.0. The highest BCUT2D eigenvalue weighted by molar-refractivity contribution is 7.98. The number of fused-ring (bicyclic) bond motifs is 1. The minimum absolute atomic E-state index is 0.0566. The van der Waals surface area contributed by atoms with Crippen molar-refractivity contribution < 1.29 is 26.7 Å². The lowest BCUT2D eigenvalue weighted by Crippen LogP contribution is -2.38. The number of aromatic nitrogens is 1. The first-order valence-corrected chi connectivity index (χ1v) is 18.4. The fourth-order valence-electron chi connectivity index (χ4n) is 6.73. The van der Waals surface area contributed by atoms with Crippen LogP contribution in [0.3, 0.4) is 0 Å². The maximum Gasteiger partial charge on any atom is 0.416 e. The van der Waals surface area contributed by atoms with Gasteiger partial charge in [-0.1, -0.05) is 67.6 Å². The number of halogens is 5. The lowest BCUT2D eigenvalue weighted by molar-refractivity contribution is -0.137. The number of amides is 1. The number of thioether (sulfide) groups is 1. The van der Waals surface area contributed by atoms with Gasteiger partial charge in [-0.2, -0.15) is 13.2 Å². The zero-order valence-electron chi connectivity index (χ0n) is 28.8. The van der Waals surface area contributed by atoms with Crippen molar-refractivity contribution in [2.24, 2.45) is 5.92 Å². The molecular weight excluding hydrogens is 694 g/mol. The Bertz CT molecular complexity index is 2060. The third kappa shape index (κ3) is 8.93. The molecule has 0 bridgehead atoms. The first-order chi connectivity index (χ1) is 25.0. The predicted molar refractivity (Wildman–Crippen MR) is 196 cm³/mol. The Morgan fingerprint density at radius 1 is 0.885 bits per heavy atom. The summed E-state index contributed by atoms with van der Waals surface area (Å²) >= 11 is 1.17. The highest BCUT2D eigenvalue weighted by atomic mass is 32.2. The van der Waals surface area contributed by atoms with Gasteiger partial charge in [-0.25, -0.2) is 8.78 Å². The molecule has 1 amide bonds. The minimum atomic E-state index is -4.41. The van der Waals surface area contributed by atoms with E-state index in [1.165, 1.54) is 42.1 Å². The summed E-state index contributed by atoms with van der Waals surface area (Å²) in [5.41, 5.74) is 2.06. The van der Waals surface area contributed by atoms with Crippen LogP contribution in [0, 0.1) is 17.6 Å². The maximum atomic E-state index is 14.6. The summed E-state index contributed by atoms with van der Waals surface area (Å²) in [5.74, 6) is -1.53. The van der Waals surface area contributed by atoms with Crippen LogP contribution in [-0.4, -0.2) is 46.5 Å². The van der Waals surface area contributed by atoms with Crippen molar-refractivity contribution in [3.8, 4) is 11.1 Å². The molecule has 0 radical (unpaired) electrons. The Hall–Kier alpha value is -4.48. The molecule has 0 spiro atoms. The molecule has 272 valence electrons. The van der Waals surface area contributed by atoms with Crippen LogP contribution in [0.15, 0.2) is 107 Å². The van der Waals surface area contributed by atoms with Gasteiger partial charge in [0, 0.05) is 35.9 Å². The average Bonchev–Trinajstić information content (AvgIpc) is 3.15. The van der Waals surface area contributed by atoms with Crippen LogP contribution >= 0.6 is 11.8 Å². The van der Waals surface area contributed by atoms with E-state index >= 15 is 0 Å². The molecule has 1 aliphatic rings. The molecular formula is C41H40F5N3O2S. The number of hydrogen-bond acceptors (Lipinski definition) is 4. The molecule has 0 N–H and O–H groups in total. The summed E-state index contributed by atoms with van der Waals surface area (Å²) in [6.07, 6.45) is -1.47. The van der Waals surface area contributed by atoms with Gasteiger partial charge in [0.1, 0.15) is 6.54 Å². The smallest absolute Gasteiger partial charge is 0.337 e. The molecule has 0 saturated carbocycles. The normalized spacial score (nSPS) is 14.2. The third-order valence-electron chi connectivity index (χ3n) is 9.87. The summed E-state index contributed by atoms with van der Waals surface area (Å²) in [4.78, 5) is 31.8. The van der Waals surface area contributed by atoms with Crippen molar-refractivity contribution in [1.82, 2.24) is 14.4 Å². The van der Waals surface area contributed by atoms with E-state index in [1.54, 1.807) is 28.8 Å². The molecule has 1 saturated heterocycles. The van der Waals surface area contributed by atoms with E-state index < -0.39 is 23.4 Å². The molecule has 1 aliphatic heterocycles. The van der Waals surface area contributed by atoms with Gasteiger partial charge in [-0.15, -0.1) is 11.8 Å². The van der Waals surface area contributed by atoms with Gasteiger partial charge in [0.2, 0.25) is 5.91 Å². The van der Waals surface area contributed by atoms with Crippen LogP contribution in [-0.2, 0) is 29.8 Å². The quantitative estimate of drug-likeness (QED) is 0.0948. The molecule has 0 aliphatic carbocycles. The van der Waals surface area contributed by atoms with Crippen molar-refractivity contribution in [2.45, 2.75) is 56.2 Å². The van der Waals surface area contributed by atoms with Gasteiger partial charge in [0.05, 0.1) is 16.1 Å². The molecule has 2 heterocycles. The second-order valence-corrected chi connectivity index (χ2v) is 14.2. The third-order valence-corrected chi connectivity index (χ3v) is 11.0. The van der Waals surface area contributed by atoms with Crippen molar-refractivity contribution in [3.63, 3.8) is 0 Å². The zero-order valence-corrected chi connectivity index (χ0v) is 29.7. The fourth-order valence-corrected chi connectivity index (χ4v) is 7.77. The van der Waals surface area contributed by atoms with Crippen LogP contribution in [0.2, 0.25) is 0 Å². The second kappa shape index (κ2) is 16.5. The molecule has 52 heavy (non-hydrogen) atoms. The molecule has 5 aromatic rings. The standard InChI is InChI=1S/C41H40F5N3O2S/c1-2-47-21-18-28(19-22-47)20-23-48(25-29-10-12-30(13-11-29)31-14-16-33(17-15-31)41(44,45)46)38(51)26-49-36-9-4-3-7-34(36)37(50)24-39(49)52-27-32-6-5-8-35(42)40(32)43/h3-17,24,28H,2,18-23,25-27H2,1H3. The van der Waals surface area contributed by atoms with Crippen LogP contribution in [0.25, 0.3) is 22.0 Å². The predicted octanol–water partition coefficient (Wildman–Crippen LogP) is 9.41.